The van der Waals surface area contributed by atoms with E-state index in [0.717, 1.165) is 0 Å². The van der Waals surface area contributed by atoms with E-state index in [1.54, 1.807) is 32.9 Å². The van der Waals surface area contributed by atoms with Crippen molar-refractivity contribution in [3.8, 4) is 11.4 Å². The maximum Gasteiger partial charge on any atom is 0.228 e. The van der Waals surface area contributed by atoms with Crippen LogP contribution < -0.4 is 5.32 Å². The highest BCUT2D eigenvalue weighted by Crippen LogP contribution is 2.25. The van der Waals surface area contributed by atoms with Crippen molar-refractivity contribution in [1.29, 1.82) is 0 Å². The van der Waals surface area contributed by atoms with Gasteiger partial charge >= 0.3 is 0 Å². The first-order chi connectivity index (χ1) is 13.7. The number of fused-ring (bicyclic) bond motifs is 2. The van der Waals surface area contributed by atoms with E-state index in [9.17, 15) is 14.0 Å². The summed E-state index contributed by atoms with van der Waals surface area (Å²) in [5, 5.41) is 17.6. The van der Waals surface area contributed by atoms with Crippen LogP contribution in [0, 0.1) is 12.7 Å². The molecule has 0 amide bonds. The van der Waals surface area contributed by atoms with Crippen LogP contribution in [0.5, 0.6) is 0 Å². The lowest BCUT2D eigenvalue weighted by molar-refractivity contribution is 0.0942. The molecule has 3 N–H and O–H groups in total. The third kappa shape index (κ3) is 3.97. The van der Waals surface area contributed by atoms with Crippen molar-refractivity contribution in [2.75, 3.05) is 11.9 Å². The molecule has 4 aromatic rings. The Morgan fingerprint density at radius 3 is 2.66 bits per heavy atom. The quantitative estimate of drug-likeness (QED) is 0.422. The van der Waals surface area contributed by atoms with Gasteiger partial charge in [-0.05, 0) is 32.9 Å². The molecule has 0 aliphatic rings. The van der Waals surface area contributed by atoms with Crippen LogP contribution in [0.2, 0.25) is 0 Å². The third-order valence-electron chi connectivity index (χ3n) is 4.11. The molecule has 9 nitrogen and oxygen atoms in total. The van der Waals surface area contributed by atoms with Gasteiger partial charge in [-0.25, -0.2) is 19.3 Å². The lowest BCUT2D eigenvalue weighted by atomic mass is 10.1. The molecule has 0 atom stereocenters. The zero-order chi connectivity index (χ0) is 20.8. The first-order valence-electron chi connectivity index (χ1n) is 8.73. The van der Waals surface area contributed by atoms with Gasteiger partial charge in [-0.1, -0.05) is 0 Å². The minimum Gasteiger partial charge on any atom is -0.389 e. The van der Waals surface area contributed by atoms with E-state index in [-0.39, 0.29) is 11.7 Å². The summed E-state index contributed by atoms with van der Waals surface area (Å²) in [5.41, 5.74) is 2.03. The third-order valence-corrected chi connectivity index (χ3v) is 4.45. The Hall–Kier alpha value is -2.89. The molecule has 1 aromatic carbocycles. The highest BCUT2D eigenvalue weighted by atomic mass is 32.2. The topological polar surface area (TPSA) is 121 Å². The van der Waals surface area contributed by atoms with E-state index in [1.165, 1.54) is 16.6 Å². The van der Waals surface area contributed by atoms with Gasteiger partial charge in [0.2, 0.25) is 11.1 Å². The van der Waals surface area contributed by atoms with Gasteiger partial charge in [0.1, 0.15) is 17.2 Å². The van der Waals surface area contributed by atoms with Crippen molar-refractivity contribution >= 4 is 34.7 Å². The molecule has 0 saturated heterocycles. The number of hydrogen-bond donors (Lipinski definition) is 3. The summed E-state index contributed by atoms with van der Waals surface area (Å²) in [6.07, 6.45) is 0. The average Bonchev–Trinajstić information content (AvgIpc) is 3.09. The number of hydrogen-bond acceptors (Lipinski definition) is 9. The zero-order valence-corrected chi connectivity index (χ0v) is 16.7. The zero-order valence-electron chi connectivity index (χ0n) is 15.9. The van der Waals surface area contributed by atoms with Crippen molar-refractivity contribution in [1.82, 2.24) is 29.5 Å². The van der Waals surface area contributed by atoms with Crippen LogP contribution in [0.1, 0.15) is 19.5 Å². The number of nitrogens with one attached hydrogen (secondary N) is 1. The Bertz CT molecular complexity index is 1220. The fourth-order valence-electron chi connectivity index (χ4n) is 2.79. The van der Waals surface area contributed by atoms with Crippen LogP contribution in [0.25, 0.3) is 28.1 Å². The molecule has 0 spiro atoms. The Balaban J connectivity index is 1.85. The molecule has 0 fully saturated rings. The highest BCUT2D eigenvalue weighted by molar-refractivity contribution is 7.93. The minimum atomic E-state index is -0.982. The molecule has 0 bridgehead atoms. The fourth-order valence-corrected chi connectivity index (χ4v) is 3.05. The lowest BCUT2D eigenvalue weighted by Gasteiger charge is -2.18. The standard InChI is InChI=1S/C18H18FN7O2S/c1-9-15(22-12-6-10(19)4-5-11(12)21-9)13-7-14-23-17(29-28)24-16(26(14)25-13)20-8-18(2,3)27/h4-7,27-28H,8H2,1-3H3,(H,20,23,24). The van der Waals surface area contributed by atoms with Crippen molar-refractivity contribution in [2.24, 2.45) is 0 Å². The summed E-state index contributed by atoms with van der Waals surface area (Å²) >= 11 is 0.407. The summed E-state index contributed by atoms with van der Waals surface area (Å²) in [4.78, 5) is 17.4. The predicted molar refractivity (Wildman–Crippen MR) is 107 cm³/mol. The first-order valence-corrected chi connectivity index (χ1v) is 9.50. The molecule has 29 heavy (non-hydrogen) atoms. The van der Waals surface area contributed by atoms with Gasteiger partial charge in [0, 0.05) is 18.7 Å². The van der Waals surface area contributed by atoms with E-state index in [1.807, 2.05) is 0 Å². The van der Waals surface area contributed by atoms with Crippen LogP contribution in [-0.4, -0.2) is 51.4 Å². The van der Waals surface area contributed by atoms with Gasteiger partial charge in [-0.15, -0.1) is 0 Å². The molecule has 0 radical (unpaired) electrons. The molecule has 3 aromatic heterocycles. The molecule has 0 saturated carbocycles. The van der Waals surface area contributed by atoms with Crippen LogP contribution >= 0.6 is 12.0 Å². The van der Waals surface area contributed by atoms with Gasteiger partial charge in [-0.3, -0.25) is 0 Å². The SMILES string of the molecule is Cc1nc2ccc(F)cc2nc1-c1cc2nc(SO)nc(NCC(C)(C)O)n2n1. The molecule has 4 rings (SSSR count). The number of halogens is 1. The monoisotopic (exact) mass is 415 g/mol. The highest BCUT2D eigenvalue weighted by Gasteiger charge is 2.18. The van der Waals surface area contributed by atoms with Gasteiger partial charge in [0.05, 0.1) is 34.4 Å². The number of benzene rings is 1. The summed E-state index contributed by atoms with van der Waals surface area (Å²) in [7, 11) is 0. The Kier molecular flexibility index (Phi) is 4.81. The Labute approximate surface area is 169 Å². The molecule has 150 valence electrons. The maximum atomic E-state index is 13.6. The summed E-state index contributed by atoms with van der Waals surface area (Å²) in [6.45, 7) is 5.31. The van der Waals surface area contributed by atoms with Gasteiger partial charge in [0.15, 0.2) is 5.65 Å². The summed E-state index contributed by atoms with van der Waals surface area (Å²) < 4.78 is 24.4. The van der Waals surface area contributed by atoms with Gasteiger partial charge in [-0.2, -0.15) is 14.6 Å². The molecule has 11 heteroatoms. The molecule has 0 aliphatic carbocycles. The Morgan fingerprint density at radius 1 is 1.14 bits per heavy atom. The minimum absolute atomic E-state index is 0.130. The van der Waals surface area contributed by atoms with E-state index in [4.69, 9.17) is 0 Å². The second kappa shape index (κ2) is 7.17. The Morgan fingerprint density at radius 2 is 1.93 bits per heavy atom. The number of nitrogens with zero attached hydrogens (tertiary/aromatic N) is 6. The van der Waals surface area contributed by atoms with E-state index >= 15 is 0 Å². The molecular formula is C18H18FN7O2S. The average molecular weight is 415 g/mol. The second-order valence-corrected chi connectivity index (χ2v) is 7.73. The number of aromatic nitrogens is 6. The normalized spacial score (nSPS) is 12.1. The second-order valence-electron chi connectivity index (χ2n) is 7.18. The molecule has 0 aliphatic heterocycles. The summed E-state index contributed by atoms with van der Waals surface area (Å²) in [6, 6.07) is 5.91. The first kappa shape index (κ1) is 19.4. The lowest BCUT2D eigenvalue weighted by Crippen LogP contribution is -2.30. The van der Waals surface area contributed by atoms with Gasteiger partial charge < -0.3 is 15.0 Å². The van der Waals surface area contributed by atoms with E-state index in [2.05, 4.69) is 30.4 Å². The molecule has 3 heterocycles. The number of anilines is 1. The fraction of sp³-hybridized carbons (Fsp3) is 0.278. The van der Waals surface area contributed by atoms with Crippen LogP contribution in [0.3, 0.4) is 0 Å². The number of rotatable bonds is 5. The summed E-state index contributed by atoms with van der Waals surface area (Å²) in [5.74, 6) is -0.0949. The largest absolute Gasteiger partial charge is 0.389 e. The number of aryl methyl sites for hydroxylation is 1. The van der Waals surface area contributed by atoms with Crippen molar-refractivity contribution in [3.63, 3.8) is 0 Å². The smallest absolute Gasteiger partial charge is 0.228 e. The molecule has 0 unspecified atom stereocenters. The van der Waals surface area contributed by atoms with E-state index in [0.29, 0.717) is 51.8 Å². The maximum absolute atomic E-state index is 13.6. The number of aliphatic hydroxyl groups is 1. The molecular weight excluding hydrogens is 397 g/mol. The van der Waals surface area contributed by atoms with E-state index < -0.39 is 11.4 Å². The van der Waals surface area contributed by atoms with Crippen LogP contribution in [0.4, 0.5) is 10.3 Å². The van der Waals surface area contributed by atoms with Crippen molar-refractivity contribution in [3.05, 3.63) is 35.8 Å². The van der Waals surface area contributed by atoms with Crippen molar-refractivity contribution in [2.45, 2.75) is 31.5 Å². The van der Waals surface area contributed by atoms with Crippen LogP contribution in [-0.2, 0) is 0 Å². The van der Waals surface area contributed by atoms with Crippen molar-refractivity contribution < 1.29 is 14.0 Å². The van der Waals surface area contributed by atoms with Gasteiger partial charge in [0.25, 0.3) is 0 Å². The van der Waals surface area contributed by atoms with Crippen LogP contribution in [0.15, 0.2) is 29.4 Å². The predicted octanol–water partition coefficient (Wildman–Crippen LogP) is 2.93.